The van der Waals surface area contributed by atoms with Gasteiger partial charge in [0.2, 0.25) is 0 Å². The van der Waals surface area contributed by atoms with E-state index in [-0.39, 0.29) is 0 Å². The van der Waals surface area contributed by atoms with Gasteiger partial charge in [0.1, 0.15) is 6.10 Å². The van der Waals surface area contributed by atoms with Crippen LogP contribution in [0.1, 0.15) is 18.1 Å². The summed E-state index contributed by atoms with van der Waals surface area (Å²) in [5.41, 5.74) is 0.723. The Hall–Kier alpha value is 0.100. The van der Waals surface area contributed by atoms with Crippen molar-refractivity contribution >= 4 is 31.9 Å². The first kappa shape index (κ1) is 12.2. The van der Waals surface area contributed by atoms with Crippen molar-refractivity contribution in [3.8, 4) is 0 Å². The van der Waals surface area contributed by atoms with E-state index in [1.54, 1.807) is 6.07 Å². The largest absolute Gasteiger partial charge is 0.390 e. The monoisotopic (exact) mass is 322 g/mol. The SMILES string of the molecule is OC(CCBr)C(O)c1ccccc1Br. The highest BCUT2D eigenvalue weighted by Gasteiger charge is 2.19. The molecule has 1 aromatic rings. The predicted octanol–water partition coefficient (Wildman–Crippen LogP) is 2.63. The van der Waals surface area contributed by atoms with E-state index in [1.807, 2.05) is 18.2 Å². The summed E-state index contributed by atoms with van der Waals surface area (Å²) in [6.45, 7) is 0. The molecule has 0 saturated heterocycles. The third-order valence-electron chi connectivity index (χ3n) is 1.99. The quantitative estimate of drug-likeness (QED) is 0.836. The molecule has 0 aliphatic rings. The van der Waals surface area contributed by atoms with Gasteiger partial charge in [-0.15, -0.1) is 0 Å². The van der Waals surface area contributed by atoms with Crippen LogP contribution in [0.3, 0.4) is 0 Å². The fourth-order valence-corrected chi connectivity index (χ4v) is 2.18. The Morgan fingerprint density at radius 3 is 2.43 bits per heavy atom. The molecule has 2 nitrogen and oxygen atoms in total. The summed E-state index contributed by atoms with van der Waals surface area (Å²) in [4.78, 5) is 0. The van der Waals surface area contributed by atoms with Crippen molar-refractivity contribution in [1.29, 1.82) is 0 Å². The number of hydrogen-bond donors (Lipinski definition) is 2. The second kappa shape index (κ2) is 5.85. The Morgan fingerprint density at radius 2 is 1.86 bits per heavy atom. The molecule has 0 aliphatic heterocycles. The second-order valence-corrected chi connectivity index (χ2v) is 4.66. The molecule has 0 radical (unpaired) electrons. The molecule has 1 aromatic carbocycles. The van der Waals surface area contributed by atoms with Crippen LogP contribution in [0.5, 0.6) is 0 Å². The van der Waals surface area contributed by atoms with Gasteiger partial charge in [0, 0.05) is 9.80 Å². The first-order valence-corrected chi connectivity index (χ1v) is 6.24. The number of aliphatic hydroxyl groups excluding tert-OH is 2. The molecule has 2 unspecified atom stereocenters. The van der Waals surface area contributed by atoms with Crippen molar-refractivity contribution in [3.05, 3.63) is 34.3 Å². The first-order chi connectivity index (χ1) is 6.66. The lowest BCUT2D eigenvalue weighted by Gasteiger charge is -2.18. The number of alkyl halides is 1. The molecule has 78 valence electrons. The zero-order valence-corrected chi connectivity index (χ0v) is 10.7. The third-order valence-corrected chi connectivity index (χ3v) is 3.17. The average molecular weight is 324 g/mol. The minimum atomic E-state index is -0.830. The van der Waals surface area contributed by atoms with E-state index in [0.717, 1.165) is 10.0 Å². The van der Waals surface area contributed by atoms with Gasteiger partial charge in [0.25, 0.3) is 0 Å². The summed E-state index contributed by atoms with van der Waals surface area (Å²) in [5.74, 6) is 0. The highest BCUT2D eigenvalue weighted by molar-refractivity contribution is 9.10. The van der Waals surface area contributed by atoms with Gasteiger partial charge in [-0.2, -0.15) is 0 Å². The fourth-order valence-electron chi connectivity index (χ4n) is 1.19. The highest BCUT2D eigenvalue weighted by atomic mass is 79.9. The third kappa shape index (κ3) is 3.05. The molecule has 1 rings (SSSR count). The number of aliphatic hydroxyl groups is 2. The molecule has 0 aliphatic carbocycles. The van der Waals surface area contributed by atoms with Crippen LogP contribution in [0, 0.1) is 0 Å². The minimum Gasteiger partial charge on any atom is -0.390 e. The minimum absolute atomic E-state index is 0.530. The number of rotatable bonds is 4. The van der Waals surface area contributed by atoms with Crippen LogP contribution in [0.15, 0.2) is 28.7 Å². The summed E-state index contributed by atoms with van der Waals surface area (Å²) in [7, 11) is 0. The van der Waals surface area contributed by atoms with Crippen LogP contribution in [0.25, 0.3) is 0 Å². The van der Waals surface area contributed by atoms with Crippen LogP contribution >= 0.6 is 31.9 Å². The van der Waals surface area contributed by atoms with Gasteiger partial charge in [0.05, 0.1) is 6.10 Å². The molecule has 0 amide bonds. The molecule has 4 heteroatoms. The molecule has 0 saturated carbocycles. The highest BCUT2D eigenvalue weighted by Crippen LogP contribution is 2.26. The van der Waals surface area contributed by atoms with E-state index in [2.05, 4.69) is 31.9 Å². The van der Waals surface area contributed by atoms with Crippen molar-refractivity contribution in [2.24, 2.45) is 0 Å². The summed E-state index contributed by atoms with van der Waals surface area (Å²) in [5, 5.41) is 20.1. The Balaban J connectivity index is 2.78. The van der Waals surface area contributed by atoms with Crippen LogP contribution < -0.4 is 0 Å². The van der Waals surface area contributed by atoms with Crippen LogP contribution in [-0.2, 0) is 0 Å². The smallest absolute Gasteiger partial charge is 0.106 e. The van der Waals surface area contributed by atoms with Gasteiger partial charge in [0.15, 0.2) is 0 Å². The first-order valence-electron chi connectivity index (χ1n) is 4.33. The molecule has 0 aromatic heterocycles. The average Bonchev–Trinajstić information content (AvgIpc) is 2.18. The molecule has 0 bridgehead atoms. The van der Waals surface area contributed by atoms with E-state index < -0.39 is 12.2 Å². The molecule has 0 heterocycles. The molecule has 2 atom stereocenters. The lowest BCUT2D eigenvalue weighted by Crippen LogP contribution is -2.18. The number of hydrogen-bond acceptors (Lipinski definition) is 2. The summed E-state index contributed by atoms with van der Waals surface area (Å²) >= 11 is 6.56. The standard InChI is InChI=1S/C10H12Br2O2/c11-6-5-9(13)10(14)7-3-1-2-4-8(7)12/h1-4,9-10,13-14H,5-6H2. The van der Waals surface area contributed by atoms with Gasteiger partial charge >= 0.3 is 0 Å². The Bertz CT molecular complexity index is 291. The van der Waals surface area contributed by atoms with Crippen molar-refractivity contribution in [1.82, 2.24) is 0 Å². The van der Waals surface area contributed by atoms with Gasteiger partial charge in [-0.25, -0.2) is 0 Å². The Kier molecular flexibility index (Phi) is 5.09. The van der Waals surface area contributed by atoms with Crippen LogP contribution in [0.4, 0.5) is 0 Å². The number of benzene rings is 1. The van der Waals surface area contributed by atoms with Crippen molar-refractivity contribution in [2.75, 3.05) is 5.33 Å². The zero-order valence-electron chi connectivity index (χ0n) is 7.53. The molecule has 0 fully saturated rings. The van der Waals surface area contributed by atoms with Crippen molar-refractivity contribution in [3.63, 3.8) is 0 Å². The molecular weight excluding hydrogens is 312 g/mol. The Labute approximate surface area is 100 Å². The Morgan fingerprint density at radius 1 is 1.21 bits per heavy atom. The van der Waals surface area contributed by atoms with Gasteiger partial charge in [-0.3, -0.25) is 0 Å². The molecule has 0 spiro atoms. The van der Waals surface area contributed by atoms with Crippen LogP contribution in [0.2, 0.25) is 0 Å². The van der Waals surface area contributed by atoms with Gasteiger partial charge in [-0.1, -0.05) is 50.1 Å². The number of halogens is 2. The second-order valence-electron chi connectivity index (χ2n) is 3.01. The summed E-state index contributed by atoms with van der Waals surface area (Å²) in [6.07, 6.45) is -1.03. The van der Waals surface area contributed by atoms with Crippen molar-refractivity contribution < 1.29 is 10.2 Å². The lowest BCUT2D eigenvalue weighted by molar-refractivity contribution is 0.0169. The fraction of sp³-hybridized carbons (Fsp3) is 0.400. The van der Waals surface area contributed by atoms with E-state index in [0.29, 0.717) is 11.8 Å². The van der Waals surface area contributed by atoms with Gasteiger partial charge < -0.3 is 10.2 Å². The van der Waals surface area contributed by atoms with E-state index in [9.17, 15) is 10.2 Å². The molecule has 2 N–H and O–H groups in total. The predicted molar refractivity (Wildman–Crippen MR) is 63.5 cm³/mol. The van der Waals surface area contributed by atoms with E-state index in [4.69, 9.17) is 0 Å². The normalized spacial score (nSPS) is 15.1. The maximum absolute atomic E-state index is 9.80. The summed E-state index contributed by atoms with van der Waals surface area (Å²) in [6, 6.07) is 7.35. The maximum Gasteiger partial charge on any atom is 0.106 e. The van der Waals surface area contributed by atoms with E-state index in [1.165, 1.54) is 0 Å². The zero-order chi connectivity index (χ0) is 10.6. The van der Waals surface area contributed by atoms with Gasteiger partial charge in [-0.05, 0) is 18.1 Å². The molecular formula is C10H12Br2O2. The summed E-state index contributed by atoms with van der Waals surface area (Å²) < 4.78 is 0.820. The van der Waals surface area contributed by atoms with E-state index >= 15 is 0 Å². The topological polar surface area (TPSA) is 40.5 Å². The van der Waals surface area contributed by atoms with Crippen molar-refractivity contribution in [2.45, 2.75) is 18.6 Å². The molecule has 14 heavy (non-hydrogen) atoms. The van der Waals surface area contributed by atoms with Crippen LogP contribution in [-0.4, -0.2) is 21.6 Å². The lowest BCUT2D eigenvalue weighted by atomic mass is 10.0. The maximum atomic E-state index is 9.80.